The molecule has 0 spiro atoms. The summed E-state index contributed by atoms with van der Waals surface area (Å²) in [4.78, 5) is 4.44. The molecule has 0 N–H and O–H groups in total. The average Bonchev–Trinajstić information content (AvgIpc) is 2.86. The van der Waals surface area contributed by atoms with Gasteiger partial charge in [0.15, 0.2) is 5.65 Å². The number of hydrogen-bond acceptors (Lipinski definition) is 5. The largest absolute Gasteiger partial charge is 0.476 e. The number of rotatable bonds is 6. The predicted octanol–water partition coefficient (Wildman–Crippen LogP) is 2.42. The maximum atomic E-state index is 12.3. The third-order valence-electron chi connectivity index (χ3n) is 4.89. The minimum absolute atomic E-state index is 0.150. The fourth-order valence-corrected chi connectivity index (χ4v) is 5.12. The van der Waals surface area contributed by atoms with Crippen LogP contribution in [-0.4, -0.2) is 52.8 Å². The lowest BCUT2D eigenvalue weighted by Crippen LogP contribution is -2.41. The van der Waals surface area contributed by atoms with Crippen LogP contribution in [0.2, 0.25) is 0 Å². The molecule has 3 rings (SSSR count). The minimum atomic E-state index is -3.13. The van der Waals surface area contributed by atoms with Crippen LogP contribution in [0.3, 0.4) is 0 Å². The average molecular weight is 381 g/mol. The SMILES string of the molecule is Cc1nc2ccc(OCC3CCN(S(=O)(=O)CC(C)C)CC3)nn2c1C. The Morgan fingerprint density at radius 2 is 1.92 bits per heavy atom. The van der Waals surface area contributed by atoms with Gasteiger partial charge in [0.25, 0.3) is 0 Å². The second kappa shape index (κ2) is 7.52. The van der Waals surface area contributed by atoms with Crippen molar-refractivity contribution in [1.29, 1.82) is 0 Å². The fraction of sp³-hybridized carbons (Fsp3) is 0.667. The van der Waals surface area contributed by atoms with E-state index >= 15 is 0 Å². The van der Waals surface area contributed by atoms with Crippen LogP contribution in [0.5, 0.6) is 5.88 Å². The van der Waals surface area contributed by atoms with Gasteiger partial charge in [-0.15, -0.1) is 5.10 Å². The zero-order valence-corrected chi connectivity index (χ0v) is 16.8. The van der Waals surface area contributed by atoms with Crippen molar-refractivity contribution < 1.29 is 13.2 Å². The number of aromatic nitrogens is 3. The molecule has 8 heteroatoms. The van der Waals surface area contributed by atoms with E-state index in [2.05, 4.69) is 10.1 Å². The lowest BCUT2D eigenvalue weighted by Gasteiger charge is -2.31. The molecule has 0 atom stereocenters. The Bertz CT molecular complexity index is 868. The highest BCUT2D eigenvalue weighted by atomic mass is 32.2. The van der Waals surface area contributed by atoms with Crippen LogP contribution >= 0.6 is 0 Å². The van der Waals surface area contributed by atoms with E-state index in [0.717, 1.165) is 29.9 Å². The molecule has 144 valence electrons. The summed E-state index contributed by atoms with van der Waals surface area (Å²) in [6.45, 7) is 9.54. The molecule has 0 amide bonds. The van der Waals surface area contributed by atoms with Gasteiger partial charge in [-0.05, 0) is 44.6 Å². The van der Waals surface area contributed by atoms with E-state index in [1.807, 2.05) is 39.8 Å². The molecular weight excluding hydrogens is 352 g/mol. The van der Waals surface area contributed by atoms with E-state index in [9.17, 15) is 8.42 Å². The Labute approximate surface area is 155 Å². The van der Waals surface area contributed by atoms with Gasteiger partial charge in [0.05, 0.1) is 23.7 Å². The van der Waals surface area contributed by atoms with Crippen molar-refractivity contribution in [2.75, 3.05) is 25.4 Å². The normalized spacial score (nSPS) is 17.3. The van der Waals surface area contributed by atoms with Crippen molar-refractivity contribution in [2.45, 2.75) is 40.5 Å². The molecule has 1 saturated heterocycles. The quantitative estimate of drug-likeness (QED) is 0.769. The minimum Gasteiger partial charge on any atom is -0.476 e. The fourth-order valence-electron chi connectivity index (χ4n) is 3.30. The van der Waals surface area contributed by atoms with Gasteiger partial charge >= 0.3 is 0 Å². The molecule has 0 bridgehead atoms. The smallest absolute Gasteiger partial charge is 0.231 e. The molecule has 0 aliphatic carbocycles. The lowest BCUT2D eigenvalue weighted by molar-refractivity contribution is 0.179. The topological polar surface area (TPSA) is 76.8 Å². The summed E-state index contributed by atoms with van der Waals surface area (Å²) in [6.07, 6.45) is 1.64. The van der Waals surface area contributed by atoms with Gasteiger partial charge in [-0.25, -0.2) is 22.2 Å². The number of aryl methyl sites for hydroxylation is 2. The Balaban J connectivity index is 1.55. The zero-order chi connectivity index (χ0) is 18.9. The van der Waals surface area contributed by atoms with Gasteiger partial charge < -0.3 is 4.74 Å². The highest BCUT2D eigenvalue weighted by Gasteiger charge is 2.28. The molecule has 0 saturated carbocycles. The zero-order valence-electron chi connectivity index (χ0n) is 16.0. The third kappa shape index (κ3) is 4.17. The Hall–Kier alpha value is -1.67. The van der Waals surface area contributed by atoms with E-state index in [1.54, 1.807) is 8.82 Å². The summed E-state index contributed by atoms with van der Waals surface area (Å²) in [7, 11) is -3.13. The molecule has 1 aliphatic rings. The van der Waals surface area contributed by atoms with Gasteiger partial charge in [0, 0.05) is 19.2 Å². The lowest BCUT2D eigenvalue weighted by atomic mass is 9.99. The molecule has 7 nitrogen and oxygen atoms in total. The summed E-state index contributed by atoms with van der Waals surface area (Å²) in [5, 5.41) is 4.49. The Kier molecular flexibility index (Phi) is 5.53. The van der Waals surface area contributed by atoms with Crippen molar-refractivity contribution in [3.63, 3.8) is 0 Å². The predicted molar refractivity (Wildman–Crippen MR) is 101 cm³/mol. The van der Waals surface area contributed by atoms with E-state index < -0.39 is 10.0 Å². The molecule has 2 aromatic rings. The van der Waals surface area contributed by atoms with Crippen molar-refractivity contribution >= 4 is 15.7 Å². The number of sulfonamides is 1. The number of piperidine rings is 1. The van der Waals surface area contributed by atoms with Crippen LogP contribution in [0.4, 0.5) is 0 Å². The first-order valence-electron chi connectivity index (χ1n) is 9.20. The van der Waals surface area contributed by atoms with E-state index in [4.69, 9.17) is 4.74 Å². The van der Waals surface area contributed by atoms with Crippen LogP contribution in [0.1, 0.15) is 38.1 Å². The molecular formula is C18H28N4O3S. The summed E-state index contributed by atoms with van der Waals surface area (Å²) in [5.41, 5.74) is 2.79. The summed E-state index contributed by atoms with van der Waals surface area (Å²) < 4.78 is 33.9. The van der Waals surface area contributed by atoms with Crippen molar-refractivity contribution in [2.24, 2.45) is 11.8 Å². The molecule has 1 fully saturated rings. The highest BCUT2D eigenvalue weighted by molar-refractivity contribution is 7.89. The van der Waals surface area contributed by atoms with Crippen LogP contribution < -0.4 is 4.74 Å². The number of fused-ring (bicyclic) bond motifs is 1. The van der Waals surface area contributed by atoms with Crippen LogP contribution in [0, 0.1) is 25.7 Å². The van der Waals surface area contributed by atoms with E-state index in [0.29, 0.717) is 31.5 Å². The first-order valence-corrected chi connectivity index (χ1v) is 10.8. The van der Waals surface area contributed by atoms with Crippen LogP contribution in [-0.2, 0) is 10.0 Å². The summed E-state index contributed by atoms with van der Waals surface area (Å²) in [6, 6.07) is 3.74. The molecule has 3 heterocycles. The van der Waals surface area contributed by atoms with Gasteiger partial charge in [0.2, 0.25) is 15.9 Å². The molecule has 2 aromatic heterocycles. The van der Waals surface area contributed by atoms with Gasteiger partial charge in [-0.1, -0.05) is 13.8 Å². The van der Waals surface area contributed by atoms with Gasteiger partial charge in [-0.3, -0.25) is 0 Å². The standard InChI is InChI=1S/C18H28N4O3S/c1-13(2)12-26(23,24)21-9-7-16(8-10-21)11-25-18-6-5-17-19-14(3)15(4)22(17)20-18/h5-6,13,16H,7-12H2,1-4H3. The Morgan fingerprint density at radius 1 is 1.23 bits per heavy atom. The number of imidazole rings is 1. The number of nitrogens with zero attached hydrogens (tertiary/aromatic N) is 4. The second-order valence-corrected chi connectivity index (χ2v) is 9.56. The van der Waals surface area contributed by atoms with Gasteiger partial charge in [0.1, 0.15) is 0 Å². The second-order valence-electron chi connectivity index (χ2n) is 7.55. The summed E-state index contributed by atoms with van der Waals surface area (Å²) >= 11 is 0. The maximum absolute atomic E-state index is 12.3. The Morgan fingerprint density at radius 3 is 2.58 bits per heavy atom. The third-order valence-corrected chi connectivity index (χ3v) is 7.13. The first-order chi connectivity index (χ1) is 12.3. The van der Waals surface area contributed by atoms with Crippen molar-refractivity contribution in [3.8, 4) is 5.88 Å². The summed E-state index contributed by atoms with van der Waals surface area (Å²) in [5.74, 6) is 1.30. The number of ether oxygens (including phenoxy) is 1. The number of hydrogen-bond donors (Lipinski definition) is 0. The van der Waals surface area contributed by atoms with Crippen molar-refractivity contribution in [3.05, 3.63) is 23.5 Å². The van der Waals surface area contributed by atoms with Crippen molar-refractivity contribution in [1.82, 2.24) is 18.9 Å². The monoisotopic (exact) mass is 380 g/mol. The molecule has 0 radical (unpaired) electrons. The maximum Gasteiger partial charge on any atom is 0.231 e. The van der Waals surface area contributed by atoms with Crippen LogP contribution in [0.25, 0.3) is 5.65 Å². The van der Waals surface area contributed by atoms with E-state index in [1.165, 1.54) is 0 Å². The van der Waals surface area contributed by atoms with Gasteiger partial charge in [-0.2, -0.15) is 0 Å². The molecule has 0 unspecified atom stereocenters. The van der Waals surface area contributed by atoms with E-state index in [-0.39, 0.29) is 11.7 Å². The molecule has 0 aromatic carbocycles. The molecule has 1 aliphatic heterocycles. The van der Waals surface area contributed by atoms with Crippen LogP contribution in [0.15, 0.2) is 12.1 Å². The highest BCUT2D eigenvalue weighted by Crippen LogP contribution is 2.22. The molecule has 26 heavy (non-hydrogen) atoms. The first kappa shape index (κ1) is 19.1.